The molecular weight excluding hydrogens is 238 g/mol. The molecule has 0 aliphatic rings. The second-order valence-electron chi connectivity index (χ2n) is 4.21. The van der Waals surface area contributed by atoms with Gasteiger partial charge in [0.25, 0.3) is 0 Å². The molecule has 0 amide bonds. The first-order chi connectivity index (χ1) is 8.52. The predicted octanol–water partition coefficient (Wildman–Crippen LogP) is 3.98. The van der Waals surface area contributed by atoms with Gasteiger partial charge in [-0.2, -0.15) is 0 Å². The van der Waals surface area contributed by atoms with Crippen molar-refractivity contribution >= 4 is 0 Å². The van der Waals surface area contributed by atoms with Gasteiger partial charge in [0.1, 0.15) is 29.3 Å². The Labute approximate surface area is 104 Å². The summed E-state index contributed by atoms with van der Waals surface area (Å²) in [6, 6.07) is 5.33. The maximum atomic E-state index is 13.7. The van der Waals surface area contributed by atoms with Gasteiger partial charge in [-0.05, 0) is 43.2 Å². The van der Waals surface area contributed by atoms with Gasteiger partial charge >= 0.3 is 0 Å². The van der Waals surface area contributed by atoms with Gasteiger partial charge in [-0.1, -0.05) is 6.92 Å². The van der Waals surface area contributed by atoms with E-state index in [-0.39, 0.29) is 16.9 Å². The molecule has 1 aromatic heterocycles. The van der Waals surface area contributed by atoms with E-state index >= 15 is 0 Å². The highest BCUT2D eigenvalue weighted by Crippen LogP contribution is 2.29. The van der Waals surface area contributed by atoms with Crippen LogP contribution in [0.25, 0.3) is 11.3 Å². The Morgan fingerprint density at radius 2 is 1.94 bits per heavy atom. The maximum Gasteiger partial charge on any atom is 0.137 e. The summed E-state index contributed by atoms with van der Waals surface area (Å²) in [5, 5.41) is 9.60. The second kappa shape index (κ2) is 4.90. The van der Waals surface area contributed by atoms with Crippen molar-refractivity contribution in [1.82, 2.24) is 0 Å². The third kappa shape index (κ3) is 2.29. The normalized spacial score (nSPS) is 12.7. The van der Waals surface area contributed by atoms with E-state index in [1.54, 1.807) is 13.0 Å². The Kier molecular flexibility index (Phi) is 3.48. The van der Waals surface area contributed by atoms with Crippen LogP contribution in [-0.2, 0) is 0 Å². The fourth-order valence-corrected chi connectivity index (χ4v) is 1.71. The Hall–Kier alpha value is -1.68. The molecule has 0 aliphatic heterocycles. The zero-order chi connectivity index (χ0) is 13.3. The molecule has 0 saturated carbocycles. The molecule has 0 aliphatic carbocycles. The first kappa shape index (κ1) is 12.8. The lowest BCUT2D eigenvalue weighted by Crippen LogP contribution is -1.92. The molecule has 0 bridgehead atoms. The molecule has 2 aromatic rings. The molecule has 4 heteroatoms. The molecule has 2 rings (SSSR count). The summed E-state index contributed by atoms with van der Waals surface area (Å²) in [5.74, 6) is -0.456. The summed E-state index contributed by atoms with van der Waals surface area (Å²) in [4.78, 5) is 0. The molecule has 0 fully saturated rings. The predicted molar refractivity (Wildman–Crippen MR) is 64.0 cm³/mol. The number of halogens is 2. The molecule has 0 saturated heterocycles. The van der Waals surface area contributed by atoms with Crippen LogP contribution in [0.4, 0.5) is 8.78 Å². The minimum absolute atomic E-state index is 0.0626. The molecule has 0 radical (unpaired) electrons. The first-order valence-corrected chi connectivity index (χ1v) is 5.76. The van der Waals surface area contributed by atoms with Gasteiger partial charge in [0.15, 0.2) is 0 Å². The van der Waals surface area contributed by atoms with E-state index in [2.05, 4.69) is 0 Å². The van der Waals surface area contributed by atoms with E-state index < -0.39 is 17.7 Å². The number of aryl methyl sites for hydroxylation is 1. The largest absolute Gasteiger partial charge is 0.458 e. The molecule has 0 spiro atoms. The first-order valence-electron chi connectivity index (χ1n) is 5.76. The van der Waals surface area contributed by atoms with Crippen LogP contribution < -0.4 is 0 Å². The van der Waals surface area contributed by atoms with E-state index in [4.69, 9.17) is 4.42 Å². The topological polar surface area (TPSA) is 33.4 Å². The van der Waals surface area contributed by atoms with Gasteiger partial charge in [-0.3, -0.25) is 0 Å². The molecule has 18 heavy (non-hydrogen) atoms. The second-order valence-corrected chi connectivity index (χ2v) is 4.21. The van der Waals surface area contributed by atoms with Crippen LogP contribution in [0.5, 0.6) is 0 Å². The minimum Gasteiger partial charge on any atom is -0.458 e. The van der Waals surface area contributed by atoms with Crippen LogP contribution in [0.15, 0.2) is 28.7 Å². The van der Waals surface area contributed by atoms with Crippen LogP contribution in [-0.4, -0.2) is 5.11 Å². The molecule has 1 N–H and O–H groups in total. The number of benzene rings is 1. The highest BCUT2D eigenvalue weighted by molar-refractivity contribution is 5.59. The summed E-state index contributed by atoms with van der Waals surface area (Å²) in [5.41, 5.74) is 0.310. The average Bonchev–Trinajstić information content (AvgIpc) is 2.82. The van der Waals surface area contributed by atoms with Crippen molar-refractivity contribution in [3.8, 4) is 11.3 Å². The zero-order valence-electron chi connectivity index (χ0n) is 10.2. The molecule has 1 unspecified atom stereocenters. The van der Waals surface area contributed by atoms with E-state index in [0.717, 1.165) is 12.1 Å². The summed E-state index contributed by atoms with van der Waals surface area (Å²) in [6.45, 7) is 3.30. The molecule has 96 valence electrons. The minimum atomic E-state index is -0.725. The SMILES string of the molecule is CCC(O)c1ccc(-c2cc(F)c(C)cc2F)o1. The summed E-state index contributed by atoms with van der Waals surface area (Å²) >= 11 is 0. The van der Waals surface area contributed by atoms with Gasteiger partial charge in [0, 0.05) is 0 Å². The van der Waals surface area contributed by atoms with Gasteiger partial charge < -0.3 is 9.52 Å². The van der Waals surface area contributed by atoms with Crippen molar-refractivity contribution in [2.45, 2.75) is 26.4 Å². The standard InChI is InChI=1S/C14H14F2O2/c1-3-12(17)14-5-4-13(18-14)9-7-10(15)8(2)6-11(9)16/h4-7,12,17H,3H2,1-2H3. The molecule has 1 atom stereocenters. The zero-order valence-corrected chi connectivity index (χ0v) is 10.2. The smallest absolute Gasteiger partial charge is 0.137 e. The monoisotopic (exact) mass is 252 g/mol. The van der Waals surface area contributed by atoms with Crippen molar-refractivity contribution in [3.05, 3.63) is 47.2 Å². The highest BCUT2D eigenvalue weighted by atomic mass is 19.1. The van der Waals surface area contributed by atoms with Crippen LogP contribution in [0, 0.1) is 18.6 Å². The fraction of sp³-hybridized carbons (Fsp3) is 0.286. The molecule has 1 aromatic carbocycles. The Morgan fingerprint density at radius 1 is 1.22 bits per heavy atom. The number of hydrogen-bond acceptors (Lipinski definition) is 2. The fourth-order valence-electron chi connectivity index (χ4n) is 1.71. The van der Waals surface area contributed by atoms with Crippen molar-refractivity contribution in [2.75, 3.05) is 0 Å². The van der Waals surface area contributed by atoms with Crippen LogP contribution in [0.1, 0.15) is 30.8 Å². The number of furan rings is 1. The number of aliphatic hydroxyl groups is 1. The van der Waals surface area contributed by atoms with E-state index in [1.807, 2.05) is 0 Å². The highest BCUT2D eigenvalue weighted by Gasteiger charge is 2.15. The summed E-state index contributed by atoms with van der Waals surface area (Å²) in [6.07, 6.45) is -0.227. The van der Waals surface area contributed by atoms with Gasteiger partial charge in [0.05, 0.1) is 5.56 Å². The van der Waals surface area contributed by atoms with Crippen molar-refractivity contribution < 1.29 is 18.3 Å². The van der Waals surface area contributed by atoms with Gasteiger partial charge in [-0.25, -0.2) is 8.78 Å². The van der Waals surface area contributed by atoms with Crippen LogP contribution in [0.2, 0.25) is 0 Å². The third-order valence-electron chi connectivity index (χ3n) is 2.86. The van der Waals surface area contributed by atoms with Crippen molar-refractivity contribution in [3.63, 3.8) is 0 Å². The summed E-state index contributed by atoms with van der Waals surface area (Å²) < 4.78 is 32.5. The number of rotatable bonds is 3. The summed E-state index contributed by atoms with van der Waals surface area (Å²) in [7, 11) is 0. The number of aliphatic hydroxyl groups excluding tert-OH is 1. The molecule has 2 nitrogen and oxygen atoms in total. The lowest BCUT2D eigenvalue weighted by Gasteiger charge is -2.05. The van der Waals surface area contributed by atoms with Gasteiger partial charge in [-0.15, -0.1) is 0 Å². The van der Waals surface area contributed by atoms with Gasteiger partial charge in [0.2, 0.25) is 0 Å². The van der Waals surface area contributed by atoms with E-state index in [0.29, 0.717) is 12.2 Å². The lowest BCUT2D eigenvalue weighted by atomic mass is 10.1. The van der Waals surface area contributed by atoms with E-state index in [9.17, 15) is 13.9 Å². The van der Waals surface area contributed by atoms with E-state index in [1.165, 1.54) is 13.0 Å². The number of hydrogen-bond donors (Lipinski definition) is 1. The Balaban J connectivity index is 2.43. The Morgan fingerprint density at radius 3 is 2.61 bits per heavy atom. The average molecular weight is 252 g/mol. The van der Waals surface area contributed by atoms with Crippen molar-refractivity contribution in [1.29, 1.82) is 0 Å². The molecule has 1 heterocycles. The van der Waals surface area contributed by atoms with Crippen LogP contribution >= 0.6 is 0 Å². The van der Waals surface area contributed by atoms with Crippen molar-refractivity contribution in [2.24, 2.45) is 0 Å². The van der Waals surface area contributed by atoms with Crippen LogP contribution in [0.3, 0.4) is 0 Å². The third-order valence-corrected chi connectivity index (χ3v) is 2.86. The molecular formula is C14H14F2O2. The lowest BCUT2D eigenvalue weighted by molar-refractivity contribution is 0.146. The maximum absolute atomic E-state index is 13.7. The Bertz CT molecular complexity index is 561. The quantitative estimate of drug-likeness (QED) is 0.896.